The second-order valence-electron chi connectivity index (χ2n) is 11.7. The molecule has 1 atom stereocenters. The third kappa shape index (κ3) is 3.86. The van der Waals surface area contributed by atoms with Crippen molar-refractivity contribution in [2.24, 2.45) is 5.41 Å². The van der Waals surface area contributed by atoms with Gasteiger partial charge in [0.15, 0.2) is 8.32 Å². The third-order valence-electron chi connectivity index (χ3n) is 8.14. The lowest BCUT2D eigenvalue weighted by Crippen LogP contribution is -2.49. The van der Waals surface area contributed by atoms with Crippen molar-refractivity contribution in [2.75, 3.05) is 0 Å². The molecule has 0 amide bonds. The zero-order chi connectivity index (χ0) is 20.3. The first kappa shape index (κ1) is 21.6. The molecule has 3 aliphatic rings. The van der Waals surface area contributed by atoms with Crippen molar-refractivity contribution >= 4 is 15.4 Å². The van der Waals surface area contributed by atoms with Gasteiger partial charge in [-0.05, 0) is 77.0 Å². The molecule has 1 saturated heterocycles. The van der Waals surface area contributed by atoms with Crippen LogP contribution in [0.5, 0.6) is 0 Å². The number of rotatable bonds is 3. The van der Waals surface area contributed by atoms with Crippen LogP contribution in [0.2, 0.25) is 18.1 Å². The fraction of sp³-hybridized carbons (Fsp3) is 0.909. The summed E-state index contributed by atoms with van der Waals surface area (Å²) in [5, 5.41) is 0.252. The van der Waals surface area contributed by atoms with Crippen LogP contribution in [0.15, 0.2) is 11.5 Å². The van der Waals surface area contributed by atoms with Crippen LogP contribution in [0.4, 0.5) is 0 Å². The van der Waals surface area contributed by atoms with Crippen LogP contribution >= 0.6 is 0 Å². The van der Waals surface area contributed by atoms with E-state index in [9.17, 15) is 0 Å². The van der Waals surface area contributed by atoms with Gasteiger partial charge in [0.05, 0.1) is 17.3 Å². The second kappa shape index (κ2) is 6.72. The summed E-state index contributed by atoms with van der Waals surface area (Å²) < 4.78 is 19.7. The molecule has 0 bridgehead atoms. The van der Waals surface area contributed by atoms with E-state index in [2.05, 4.69) is 67.6 Å². The zero-order valence-electron chi connectivity index (χ0n) is 19.2. The highest BCUT2D eigenvalue weighted by Crippen LogP contribution is 2.52. The Balaban J connectivity index is 1.85. The Morgan fingerprint density at radius 2 is 1.56 bits per heavy atom. The van der Waals surface area contributed by atoms with Gasteiger partial charge in [0.1, 0.15) is 0 Å². The van der Waals surface area contributed by atoms with Gasteiger partial charge in [-0.2, -0.15) is 0 Å². The Labute approximate surface area is 168 Å². The topological polar surface area (TPSA) is 27.7 Å². The largest absolute Gasteiger partial charge is 0.490 e. The van der Waals surface area contributed by atoms with Crippen LogP contribution in [0.25, 0.3) is 0 Å². The quantitative estimate of drug-likeness (QED) is 0.528. The molecule has 0 aromatic rings. The molecule has 1 unspecified atom stereocenters. The van der Waals surface area contributed by atoms with Gasteiger partial charge in [0.25, 0.3) is 0 Å². The predicted octanol–water partition coefficient (Wildman–Crippen LogP) is 6.29. The molecule has 0 radical (unpaired) electrons. The molecule has 0 aromatic carbocycles. The summed E-state index contributed by atoms with van der Waals surface area (Å²) in [6.07, 6.45) is 10.1. The second-order valence-corrected chi connectivity index (χ2v) is 16.4. The van der Waals surface area contributed by atoms with E-state index < -0.39 is 8.32 Å². The maximum Gasteiger partial charge on any atom is 0.490 e. The molecule has 0 N–H and O–H groups in total. The number of hydrogen-bond acceptors (Lipinski definition) is 3. The van der Waals surface area contributed by atoms with Crippen LogP contribution < -0.4 is 0 Å². The summed E-state index contributed by atoms with van der Waals surface area (Å²) in [5.74, 6) is 0. The molecule has 2 fully saturated rings. The van der Waals surface area contributed by atoms with E-state index in [0.29, 0.717) is 6.10 Å². The maximum atomic E-state index is 6.99. The van der Waals surface area contributed by atoms with E-state index in [-0.39, 0.29) is 28.8 Å². The lowest BCUT2D eigenvalue weighted by Gasteiger charge is -2.47. The first-order valence-corrected chi connectivity index (χ1v) is 13.9. The molecule has 27 heavy (non-hydrogen) atoms. The molecule has 0 aromatic heterocycles. The van der Waals surface area contributed by atoms with Gasteiger partial charge in [-0.15, -0.1) is 0 Å². The Kier molecular flexibility index (Phi) is 5.37. The molecule has 1 spiro atoms. The molecule has 154 valence electrons. The van der Waals surface area contributed by atoms with E-state index in [1.165, 1.54) is 31.2 Å². The Bertz CT molecular complexity index is 581. The van der Waals surface area contributed by atoms with E-state index in [0.717, 1.165) is 12.8 Å². The standard InChI is InChI=1S/C22H41BO3Si/c1-19(2,3)27(8,9)24-18-13-12-17(16-22(18)14-10-11-15-22)23-25-20(4,5)21(6,7)26-23/h16,18H,10-15H2,1-9H3. The minimum atomic E-state index is -1.78. The van der Waals surface area contributed by atoms with Crippen molar-refractivity contribution in [3.05, 3.63) is 11.5 Å². The van der Waals surface area contributed by atoms with Crippen LogP contribution in [-0.4, -0.2) is 32.7 Å². The third-order valence-corrected chi connectivity index (χ3v) is 12.6. The average molecular weight is 392 g/mol. The molecule has 5 heteroatoms. The fourth-order valence-corrected chi connectivity index (χ4v) is 5.93. The highest BCUT2D eigenvalue weighted by Gasteiger charge is 2.55. The maximum absolute atomic E-state index is 6.99. The summed E-state index contributed by atoms with van der Waals surface area (Å²) in [5.41, 5.74) is 1.00. The molecule has 3 rings (SSSR count). The van der Waals surface area contributed by atoms with E-state index in [4.69, 9.17) is 13.7 Å². The van der Waals surface area contributed by atoms with Crippen LogP contribution in [0.3, 0.4) is 0 Å². The Hall–Kier alpha value is -0.0982. The van der Waals surface area contributed by atoms with Gasteiger partial charge < -0.3 is 13.7 Å². The minimum absolute atomic E-state index is 0.187. The van der Waals surface area contributed by atoms with Gasteiger partial charge in [-0.25, -0.2) is 0 Å². The highest BCUT2D eigenvalue weighted by atomic mass is 28.4. The highest BCUT2D eigenvalue weighted by molar-refractivity contribution is 6.74. The van der Waals surface area contributed by atoms with Gasteiger partial charge >= 0.3 is 7.12 Å². The van der Waals surface area contributed by atoms with E-state index in [1.54, 1.807) is 0 Å². The molecule has 1 saturated carbocycles. The SMILES string of the molecule is CC1(C)OB(C2=CC3(CCCC3)C(O[Si](C)(C)C(C)(C)C)CC2)OC1(C)C. The van der Waals surface area contributed by atoms with Crippen LogP contribution in [-0.2, 0) is 13.7 Å². The summed E-state index contributed by atoms with van der Waals surface area (Å²) in [4.78, 5) is 0. The number of hydrogen-bond donors (Lipinski definition) is 0. The van der Waals surface area contributed by atoms with Crippen molar-refractivity contribution < 1.29 is 13.7 Å². The molecular weight excluding hydrogens is 351 g/mol. The Morgan fingerprint density at radius 3 is 2.04 bits per heavy atom. The van der Waals surface area contributed by atoms with Crippen molar-refractivity contribution in [2.45, 2.75) is 122 Å². The smallest absolute Gasteiger partial charge is 0.413 e. The summed E-state index contributed by atoms with van der Waals surface area (Å²) in [6, 6.07) is 0. The van der Waals surface area contributed by atoms with Gasteiger partial charge in [0, 0.05) is 5.41 Å². The summed E-state index contributed by atoms with van der Waals surface area (Å²) in [6.45, 7) is 20.4. The fourth-order valence-electron chi connectivity index (χ4n) is 4.51. The lowest BCUT2D eigenvalue weighted by atomic mass is 9.64. The monoisotopic (exact) mass is 392 g/mol. The molecule has 2 aliphatic carbocycles. The van der Waals surface area contributed by atoms with Crippen LogP contribution in [0.1, 0.15) is 87.0 Å². The van der Waals surface area contributed by atoms with Crippen molar-refractivity contribution in [3.8, 4) is 0 Å². The van der Waals surface area contributed by atoms with E-state index >= 15 is 0 Å². The Morgan fingerprint density at radius 1 is 1.04 bits per heavy atom. The van der Waals surface area contributed by atoms with Gasteiger partial charge in [0.2, 0.25) is 0 Å². The lowest BCUT2D eigenvalue weighted by molar-refractivity contribution is 0.00578. The minimum Gasteiger partial charge on any atom is -0.413 e. The van der Waals surface area contributed by atoms with Crippen molar-refractivity contribution in [1.29, 1.82) is 0 Å². The normalized spacial score (nSPS) is 30.0. The molecule has 1 heterocycles. The first-order chi connectivity index (χ1) is 12.2. The van der Waals surface area contributed by atoms with Crippen LogP contribution in [0, 0.1) is 5.41 Å². The van der Waals surface area contributed by atoms with Gasteiger partial charge in [-0.1, -0.05) is 39.7 Å². The summed E-state index contributed by atoms with van der Waals surface area (Å²) >= 11 is 0. The van der Waals surface area contributed by atoms with Gasteiger partial charge in [-0.3, -0.25) is 0 Å². The zero-order valence-corrected chi connectivity index (χ0v) is 20.2. The predicted molar refractivity (Wildman–Crippen MR) is 116 cm³/mol. The summed E-state index contributed by atoms with van der Waals surface area (Å²) in [7, 11) is -1.97. The molecular formula is C22H41BO3Si. The van der Waals surface area contributed by atoms with Crippen molar-refractivity contribution in [3.63, 3.8) is 0 Å². The average Bonchev–Trinajstić information content (AvgIpc) is 3.03. The number of allylic oxidation sites excluding steroid dienone is 1. The van der Waals surface area contributed by atoms with Crippen molar-refractivity contribution in [1.82, 2.24) is 0 Å². The van der Waals surface area contributed by atoms with E-state index in [1.807, 2.05) is 0 Å². The first-order valence-electron chi connectivity index (χ1n) is 10.9. The molecule has 1 aliphatic heterocycles. The molecule has 3 nitrogen and oxygen atoms in total.